The Morgan fingerprint density at radius 1 is 1.23 bits per heavy atom. The molecule has 4 rings (SSSR count). The van der Waals surface area contributed by atoms with Gasteiger partial charge in [-0.3, -0.25) is 4.40 Å². The molecule has 1 aliphatic heterocycles. The maximum atomic E-state index is 13.1. The van der Waals surface area contributed by atoms with Crippen LogP contribution in [0.3, 0.4) is 0 Å². The highest BCUT2D eigenvalue weighted by Crippen LogP contribution is 2.36. The van der Waals surface area contributed by atoms with Crippen LogP contribution in [0.4, 0.5) is 10.5 Å². The van der Waals surface area contributed by atoms with Crippen LogP contribution >= 0.6 is 0 Å². The van der Waals surface area contributed by atoms with Crippen molar-refractivity contribution in [1.82, 2.24) is 23.9 Å². The van der Waals surface area contributed by atoms with Gasteiger partial charge >= 0.3 is 6.03 Å². The fourth-order valence-electron chi connectivity index (χ4n) is 3.74. The molecule has 1 saturated heterocycles. The smallest absolute Gasteiger partial charge is 0.319 e. The third kappa shape index (κ3) is 4.20. The second-order valence-corrected chi connectivity index (χ2v) is 10.3. The molecule has 2 aromatic heterocycles. The Labute approximate surface area is 183 Å². The van der Waals surface area contributed by atoms with Gasteiger partial charge in [-0.25, -0.2) is 22.9 Å². The van der Waals surface area contributed by atoms with Crippen LogP contribution in [0.15, 0.2) is 23.4 Å². The summed E-state index contributed by atoms with van der Waals surface area (Å²) in [6.07, 6.45) is 4.92. The van der Waals surface area contributed by atoms with E-state index in [1.54, 1.807) is 53.7 Å². The van der Waals surface area contributed by atoms with E-state index in [9.17, 15) is 13.2 Å². The highest BCUT2D eigenvalue weighted by atomic mass is 32.2. The first-order chi connectivity index (χ1) is 14.6. The number of amides is 2. The first-order valence-electron chi connectivity index (χ1n) is 10.3. The monoisotopic (exact) mass is 444 g/mol. The number of imidazole rings is 1. The Morgan fingerprint density at radius 2 is 1.90 bits per heavy atom. The summed E-state index contributed by atoms with van der Waals surface area (Å²) >= 11 is 0. The van der Waals surface area contributed by atoms with Crippen molar-refractivity contribution >= 4 is 27.4 Å². The number of rotatable bonds is 4. The number of hydrogen-bond donors (Lipinski definition) is 1. The molecule has 1 aliphatic carbocycles. The molecule has 2 aromatic rings. The van der Waals surface area contributed by atoms with Gasteiger partial charge in [0, 0.05) is 52.0 Å². The van der Waals surface area contributed by atoms with Crippen LogP contribution in [0.25, 0.3) is 5.65 Å². The zero-order valence-corrected chi connectivity index (χ0v) is 19.2. The second-order valence-electron chi connectivity index (χ2n) is 8.59. The van der Waals surface area contributed by atoms with Crippen LogP contribution in [0, 0.1) is 11.8 Å². The van der Waals surface area contributed by atoms with E-state index < -0.39 is 10.0 Å². The molecule has 166 valence electrons. The molecule has 1 N–H and O–H groups in total. The second kappa shape index (κ2) is 7.73. The first-order valence-corrected chi connectivity index (χ1v) is 11.8. The molecule has 0 spiro atoms. The summed E-state index contributed by atoms with van der Waals surface area (Å²) in [5.41, 5.74) is 1.65. The Morgan fingerprint density at radius 3 is 2.48 bits per heavy atom. The molecule has 2 fully saturated rings. The Kier molecular flexibility index (Phi) is 5.35. The Hall–Kier alpha value is -2.77. The van der Waals surface area contributed by atoms with Crippen molar-refractivity contribution in [2.75, 3.05) is 45.2 Å². The predicted molar refractivity (Wildman–Crippen MR) is 119 cm³/mol. The van der Waals surface area contributed by atoms with Gasteiger partial charge in [-0.1, -0.05) is 5.92 Å². The van der Waals surface area contributed by atoms with Crippen molar-refractivity contribution in [2.45, 2.75) is 37.1 Å². The highest BCUT2D eigenvalue weighted by molar-refractivity contribution is 7.89. The zero-order valence-electron chi connectivity index (χ0n) is 18.3. The summed E-state index contributed by atoms with van der Waals surface area (Å²) in [7, 11) is -0.224. The molecule has 2 aliphatic rings. The zero-order chi connectivity index (χ0) is 22.4. The number of urea groups is 1. The number of pyridine rings is 1. The Bertz CT molecular complexity index is 1180. The van der Waals surface area contributed by atoms with E-state index in [2.05, 4.69) is 26.4 Å². The van der Waals surface area contributed by atoms with Gasteiger partial charge in [0.05, 0.1) is 11.9 Å². The SMILES string of the molecule is CC#Cc1cnc2c(N3CCN(C(=O)N(C)C)CC3)cc(S(=O)(=O)NC3(C)CC3)cn12. The normalized spacial score (nSPS) is 17.9. The molecular weight excluding hydrogens is 416 g/mol. The van der Waals surface area contributed by atoms with Crippen LogP contribution < -0.4 is 9.62 Å². The molecule has 3 heterocycles. The third-order valence-electron chi connectivity index (χ3n) is 5.78. The van der Waals surface area contributed by atoms with Gasteiger partial charge in [-0.15, -0.1) is 0 Å². The van der Waals surface area contributed by atoms with Crippen molar-refractivity contribution in [2.24, 2.45) is 0 Å². The topological polar surface area (TPSA) is 90.3 Å². The Balaban J connectivity index is 1.72. The van der Waals surface area contributed by atoms with Crippen LogP contribution in [0.5, 0.6) is 0 Å². The van der Waals surface area contributed by atoms with Crippen molar-refractivity contribution in [3.05, 3.63) is 24.2 Å². The molecule has 10 heteroatoms. The summed E-state index contributed by atoms with van der Waals surface area (Å²) in [6.45, 7) is 5.93. The van der Waals surface area contributed by atoms with Gasteiger partial charge in [0.2, 0.25) is 10.0 Å². The number of nitrogens with one attached hydrogen (secondary N) is 1. The number of sulfonamides is 1. The number of piperazine rings is 1. The molecule has 0 bridgehead atoms. The van der Waals surface area contributed by atoms with E-state index in [4.69, 9.17) is 0 Å². The lowest BCUT2D eigenvalue weighted by Crippen LogP contribution is -2.51. The molecule has 0 atom stereocenters. The summed E-state index contributed by atoms with van der Waals surface area (Å²) < 4.78 is 30.8. The van der Waals surface area contributed by atoms with Gasteiger partial charge < -0.3 is 14.7 Å². The molecule has 0 radical (unpaired) electrons. The van der Waals surface area contributed by atoms with E-state index in [-0.39, 0.29) is 16.5 Å². The predicted octanol–water partition coefficient (Wildman–Crippen LogP) is 1.34. The molecular formula is C21H28N6O3S. The third-order valence-corrected chi connectivity index (χ3v) is 7.38. The molecule has 31 heavy (non-hydrogen) atoms. The molecule has 1 saturated carbocycles. The van der Waals surface area contributed by atoms with E-state index in [0.717, 1.165) is 18.5 Å². The van der Waals surface area contributed by atoms with Crippen molar-refractivity contribution in [3.63, 3.8) is 0 Å². The maximum absolute atomic E-state index is 13.1. The van der Waals surface area contributed by atoms with Crippen LogP contribution in [0.2, 0.25) is 0 Å². The quantitative estimate of drug-likeness (QED) is 0.719. The standard InChI is InChI=1S/C21H28N6O3S/c1-5-6-16-14-22-19-18(25-9-11-26(12-10-25)20(28)24(3)4)13-17(15-27(16)19)31(29,30)23-21(2)7-8-21/h13-15,23H,7-12H2,1-4H3. The maximum Gasteiger partial charge on any atom is 0.319 e. The minimum Gasteiger partial charge on any atom is -0.365 e. The summed E-state index contributed by atoms with van der Waals surface area (Å²) in [5.74, 6) is 5.85. The van der Waals surface area contributed by atoms with Crippen molar-refractivity contribution < 1.29 is 13.2 Å². The van der Waals surface area contributed by atoms with Gasteiger partial charge in [0.15, 0.2) is 5.65 Å². The minimum atomic E-state index is -3.70. The van der Waals surface area contributed by atoms with Crippen LogP contribution in [-0.2, 0) is 10.0 Å². The fraction of sp³-hybridized carbons (Fsp3) is 0.524. The van der Waals surface area contributed by atoms with E-state index in [1.807, 2.05) is 6.92 Å². The van der Waals surface area contributed by atoms with Crippen LogP contribution in [0.1, 0.15) is 32.4 Å². The number of anilines is 1. The molecule has 2 amide bonds. The van der Waals surface area contributed by atoms with Gasteiger partial charge in [0.1, 0.15) is 10.6 Å². The number of nitrogens with zero attached hydrogens (tertiary/aromatic N) is 5. The van der Waals surface area contributed by atoms with Gasteiger partial charge in [-0.05, 0) is 38.7 Å². The largest absolute Gasteiger partial charge is 0.365 e. The lowest BCUT2D eigenvalue weighted by molar-refractivity contribution is 0.168. The minimum absolute atomic E-state index is 0.0238. The number of aromatic nitrogens is 2. The lowest BCUT2D eigenvalue weighted by atomic mass is 10.2. The van der Waals surface area contributed by atoms with Crippen molar-refractivity contribution in [1.29, 1.82) is 0 Å². The number of carbonyl (C=O) groups excluding carboxylic acids is 1. The first kappa shape index (κ1) is 21.5. The molecule has 9 nitrogen and oxygen atoms in total. The summed E-state index contributed by atoms with van der Waals surface area (Å²) in [5, 5.41) is 0. The number of fused-ring (bicyclic) bond motifs is 1. The lowest BCUT2D eigenvalue weighted by Gasteiger charge is -2.37. The molecule has 0 unspecified atom stereocenters. The average molecular weight is 445 g/mol. The average Bonchev–Trinajstić information content (AvgIpc) is 3.30. The van der Waals surface area contributed by atoms with Crippen molar-refractivity contribution in [3.8, 4) is 11.8 Å². The highest BCUT2D eigenvalue weighted by Gasteiger charge is 2.41. The van der Waals surface area contributed by atoms with Gasteiger partial charge in [-0.2, -0.15) is 0 Å². The van der Waals surface area contributed by atoms with E-state index in [1.165, 1.54) is 0 Å². The van der Waals surface area contributed by atoms with E-state index in [0.29, 0.717) is 37.5 Å². The number of hydrogen-bond acceptors (Lipinski definition) is 5. The van der Waals surface area contributed by atoms with Gasteiger partial charge in [0.25, 0.3) is 0 Å². The van der Waals surface area contributed by atoms with E-state index >= 15 is 0 Å². The number of carbonyl (C=O) groups is 1. The van der Waals surface area contributed by atoms with Crippen LogP contribution in [-0.4, -0.2) is 79.4 Å². The molecule has 0 aromatic carbocycles. The summed E-state index contributed by atoms with van der Waals surface area (Å²) in [4.78, 5) is 22.4. The summed E-state index contributed by atoms with van der Waals surface area (Å²) in [6, 6.07) is 1.66. The fourth-order valence-corrected chi connectivity index (χ4v) is 5.22.